The number of benzene rings is 1. The molecule has 1 aromatic carbocycles. The van der Waals surface area contributed by atoms with Gasteiger partial charge in [-0.2, -0.15) is 0 Å². The van der Waals surface area contributed by atoms with E-state index < -0.39 is 21.7 Å². The summed E-state index contributed by atoms with van der Waals surface area (Å²) in [6, 6.07) is 6.44. The van der Waals surface area contributed by atoms with E-state index in [1.165, 1.54) is 37.6 Å². The van der Waals surface area contributed by atoms with Gasteiger partial charge >= 0.3 is 0 Å². The van der Waals surface area contributed by atoms with Crippen LogP contribution in [0.25, 0.3) is 0 Å². The Labute approximate surface area is 149 Å². The summed E-state index contributed by atoms with van der Waals surface area (Å²) in [5, 5.41) is 2.41. The third-order valence-electron chi connectivity index (χ3n) is 3.02. The van der Waals surface area contributed by atoms with Crippen molar-refractivity contribution < 1.29 is 22.3 Å². The lowest BCUT2D eigenvalue weighted by Gasteiger charge is -2.09. The molecule has 0 unspecified atom stereocenters. The maximum absolute atomic E-state index is 13.1. The molecule has 0 saturated heterocycles. The van der Waals surface area contributed by atoms with E-state index in [1.54, 1.807) is 0 Å². The molecule has 0 aliphatic rings. The summed E-state index contributed by atoms with van der Waals surface area (Å²) in [4.78, 5) is 16.1. The minimum absolute atomic E-state index is 0.000826. The van der Waals surface area contributed by atoms with Gasteiger partial charge in [-0.05, 0) is 30.3 Å². The second kappa shape index (κ2) is 8.24. The molecule has 134 valence electrons. The molecule has 25 heavy (non-hydrogen) atoms. The minimum Gasteiger partial charge on any atom is -0.384 e. The Balaban J connectivity index is 2.12. The van der Waals surface area contributed by atoms with Crippen LogP contribution in [0.2, 0.25) is 5.02 Å². The number of amides is 1. The van der Waals surface area contributed by atoms with Crippen LogP contribution in [0.4, 0.5) is 15.9 Å². The molecule has 0 saturated carbocycles. The maximum atomic E-state index is 13.1. The number of hydrogen-bond donors (Lipinski definition) is 2. The van der Waals surface area contributed by atoms with E-state index in [4.69, 9.17) is 16.3 Å². The Morgan fingerprint density at radius 3 is 2.76 bits per heavy atom. The first-order chi connectivity index (χ1) is 11.8. The molecular formula is C15H15ClFN3O4S. The molecule has 0 fully saturated rings. The van der Waals surface area contributed by atoms with E-state index >= 15 is 0 Å². The lowest BCUT2D eigenvalue weighted by molar-refractivity contribution is 0.102. The van der Waals surface area contributed by atoms with Gasteiger partial charge in [0.15, 0.2) is 0 Å². The van der Waals surface area contributed by atoms with Crippen molar-refractivity contribution in [1.82, 2.24) is 4.98 Å². The predicted molar refractivity (Wildman–Crippen MR) is 92.9 cm³/mol. The molecular weight excluding hydrogens is 373 g/mol. The quantitative estimate of drug-likeness (QED) is 0.760. The number of halogens is 2. The number of rotatable bonds is 7. The molecule has 0 radical (unpaired) electrons. The molecule has 7 nitrogen and oxygen atoms in total. The van der Waals surface area contributed by atoms with Crippen LogP contribution in [0.1, 0.15) is 10.4 Å². The van der Waals surface area contributed by atoms with Gasteiger partial charge in [-0.15, -0.1) is 0 Å². The smallest absolute Gasteiger partial charge is 0.255 e. The highest BCUT2D eigenvalue weighted by Crippen LogP contribution is 2.20. The monoisotopic (exact) mass is 387 g/mol. The average molecular weight is 388 g/mol. The summed E-state index contributed by atoms with van der Waals surface area (Å²) in [6.45, 7) is 0.0286. The summed E-state index contributed by atoms with van der Waals surface area (Å²) < 4.78 is 43.7. The molecule has 1 amide bonds. The van der Waals surface area contributed by atoms with Crippen LogP contribution in [0.15, 0.2) is 36.5 Å². The molecule has 0 aliphatic carbocycles. The number of carbonyl (C=O) groups excluding carboxylic acids is 1. The molecule has 1 heterocycles. The molecule has 0 aliphatic heterocycles. The second-order valence-corrected chi connectivity index (χ2v) is 7.18. The van der Waals surface area contributed by atoms with Gasteiger partial charge in [0, 0.05) is 24.6 Å². The molecule has 2 N–H and O–H groups in total. The maximum Gasteiger partial charge on any atom is 0.255 e. The van der Waals surface area contributed by atoms with Gasteiger partial charge in [0.25, 0.3) is 5.91 Å². The number of sulfonamides is 1. The Hall–Kier alpha value is -2.23. The van der Waals surface area contributed by atoms with E-state index in [9.17, 15) is 17.6 Å². The number of nitrogens with one attached hydrogen (secondary N) is 2. The molecule has 1 aromatic heterocycles. The Kier molecular flexibility index (Phi) is 6.29. The zero-order valence-electron chi connectivity index (χ0n) is 13.1. The fraction of sp³-hybridized carbons (Fsp3) is 0.200. The van der Waals surface area contributed by atoms with Crippen molar-refractivity contribution in [3.8, 4) is 0 Å². The lowest BCUT2D eigenvalue weighted by atomic mass is 10.2. The summed E-state index contributed by atoms with van der Waals surface area (Å²) in [7, 11) is -2.25. The van der Waals surface area contributed by atoms with Crippen molar-refractivity contribution in [2.24, 2.45) is 0 Å². The number of ether oxygens (including phenoxy) is 1. The van der Waals surface area contributed by atoms with Gasteiger partial charge in [0.2, 0.25) is 10.0 Å². The first kappa shape index (κ1) is 19.1. The molecule has 0 spiro atoms. The van der Waals surface area contributed by atoms with Gasteiger partial charge in [-0.25, -0.2) is 17.8 Å². The minimum atomic E-state index is -3.64. The highest BCUT2D eigenvalue weighted by molar-refractivity contribution is 7.92. The summed E-state index contributed by atoms with van der Waals surface area (Å²) in [6.07, 6.45) is 1.29. The summed E-state index contributed by atoms with van der Waals surface area (Å²) in [5.74, 6) is -1.37. The van der Waals surface area contributed by atoms with Crippen LogP contribution in [-0.2, 0) is 14.8 Å². The van der Waals surface area contributed by atoms with Crippen molar-refractivity contribution in [2.45, 2.75) is 0 Å². The average Bonchev–Trinajstić information content (AvgIpc) is 2.56. The number of nitrogens with zero attached hydrogens (tertiary/aromatic N) is 1. The zero-order valence-corrected chi connectivity index (χ0v) is 14.7. The number of carbonyl (C=O) groups is 1. The van der Waals surface area contributed by atoms with Crippen molar-refractivity contribution >= 4 is 39.0 Å². The fourth-order valence-electron chi connectivity index (χ4n) is 1.81. The number of methoxy groups -OCH3 is 1. The lowest BCUT2D eigenvalue weighted by Crippen LogP contribution is -2.21. The van der Waals surface area contributed by atoms with E-state index in [-0.39, 0.29) is 28.8 Å². The Bertz CT molecular complexity index is 877. The first-order valence-corrected chi connectivity index (χ1v) is 9.05. The van der Waals surface area contributed by atoms with Gasteiger partial charge in [-0.1, -0.05) is 11.6 Å². The van der Waals surface area contributed by atoms with Crippen LogP contribution in [0, 0.1) is 5.82 Å². The normalized spacial score (nSPS) is 11.2. The van der Waals surface area contributed by atoms with E-state index in [2.05, 4.69) is 15.0 Å². The van der Waals surface area contributed by atoms with Crippen LogP contribution in [-0.4, -0.2) is 38.8 Å². The van der Waals surface area contributed by atoms with Crippen LogP contribution in [0.5, 0.6) is 0 Å². The fourth-order valence-corrected chi connectivity index (χ4v) is 2.91. The SMILES string of the molecule is COCCS(=O)(=O)Nc1cc(C(=O)Nc2ccc(F)c(Cl)c2)ccn1. The first-order valence-electron chi connectivity index (χ1n) is 7.02. The van der Waals surface area contributed by atoms with Gasteiger partial charge in [-0.3, -0.25) is 9.52 Å². The summed E-state index contributed by atoms with van der Waals surface area (Å²) >= 11 is 5.66. The molecule has 2 rings (SSSR count). The number of pyridine rings is 1. The number of anilines is 2. The molecule has 0 atom stereocenters. The molecule has 2 aromatic rings. The van der Waals surface area contributed by atoms with Crippen molar-refractivity contribution in [1.29, 1.82) is 0 Å². The Morgan fingerprint density at radius 1 is 1.32 bits per heavy atom. The van der Waals surface area contributed by atoms with Crippen molar-refractivity contribution in [3.05, 3.63) is 52.9 Å². The standard InChI is InChI=1S/C15H15ClFN3O4S/c1-24-6-7-25(22,23)20-14-8-10(4-5-18-14)15(21)19-11-2-3-13(17)12(16)9-11/h2-5,8-9H,6-7H2,1H3,(H,18,20)(H,19,21). The second-order valence-electron chi connectivity index (χ2n) is 4.93. The van der Waals surface area contributed by atoms with Crippen LogP contribution in [0.3, 0.4) is 0 Å². The van der Waals surface area contributed by atoms with E-state index in [0.717, 1.165) is 6.07 Å². The third kappa shape index (κ3) is 5.66. The van der Waals surface area contributed by atoms with Crippen molar-refractivity contribution in [2.75, 3.05) is 29.5 Å². The third-order valence-corrected chi connectivity index (χ3v) is 4.53. The highest BCUT2D eigenvalue weighted by atomic mass is 35.5. The Morgan fingerprint density at radius 2 is 2.08 bits per heavy atom. The van der Waals surface area contributed by atoms with E-state index in [0.29, 0.717) is 5.69 Å². The van der Waals surface area contributed by atoms with Gasteiger partial charge < -0.3 is 10.1 Å². The van der Waals surface area contributed by atoms with E-state index in [1.807, 2.05) is 0 Å². The number of hydrogen-bond acceptors (Lipinski definition) is 5. The largest absolute Gasteiger partial charge is 0.384 e. The van der Waals surface area contributed by atoms with Gasteiger partial charge in [0.1, 0.15) is 11.6 Å². The molecule has 0 bridgehead atoms. The topological polar surface area (TPSA) is 97.4 Å². The predicted octanol–water partition coefficient (Wildman–Crippen LogP) is 2.51. The van der Waals surface area contributed by atoms with Crippen LogP contribution < -0.4 is 10.0 Å². The van der Waals surface area contributed by atoms with Crippen molar-refractivity contribution in [3.63, 3.8) is 0 Å². The molecule has 10 heteroatoms. The van der Waals surface area contributed by atoms with Crippen LogP contribution >= 0.6 is 11.6 Å². The number of aromatic nitrogens is 1. The zero-order chi connectivity index (χ0) is 18.4. The summed E-state index contributed by atoms with van der Waals surface area (Å²) in [5.41, 5.74) is 0.468. The van der Waals surface area contributed by atoms with Gasteiger partial charge in [0.05, 0.1) is 17.4 Å². The highest BCUT2D eigenvalue weighted by Gasteiger charge is 2.13.